The first-order valence-electron chi connectivity index (χ1n) is 9.48. The number of sulfone groups is 1. The van der Waals surface area contributed by atoms with Crippen molar-refractivity contribution in [2.75, 3.05) is 16.9 Å². The number of rotatable bonds is 7. The number of fused-ring (bicyclic) bond motifs is 1. The molecule has 0 N–H and O–H groups in total. The van der Waals surface area contributed by atoms with E-state index in [1.165, 1.54) is 41.3 Å². The fourth-order valence-corrected chi connectivity index (χ4v) is 5.45. The van der Waals surface area contributed by atoms with Crippen LogP contribution < -0.4 is 4.90 Å². The number of anilines is 1. The maximum atomic E-state index is 13.2. The van der Waals surface area contributed by atoms with Crippen LogP contribution in [0.3, 0.4) is 0 Å². The van der Waals surface area contributed by atoms with Crippen LogP contribution in [0.15, 0.2) is 76.8 Å². The number of hydrogen-bond donors (Lipinski definition) is 0. The normalized spacial score (nSPS) is 11.6. The highest BCUT2D eigenvalue weighted by Gasteiger charge is 2.21. The molecule has 0 aliphatic heterocycles. The van der Waals surface area contributed by atoms with Gasteiger partial charge in [0.25, 0.3) is 0 Å². The summed E-state index contributed by atoms with van der Waals surface area (Å²) in [6.45, 7) is 0.273. The monoisotopic (exact) mass is 487 g/mol. The molecule has 32 heavy (non-hydrogen) atoms. The van der Waals surface area contributed by atoms with E-state index in [-0.39, 0.29) is 28.9 Å². The smallest absolute Gasteiger partial charge is 0.239 e. The number of thioether (sulfide) groups is 1. The molecular weight excluding hydrogens is 469 g/mol. The molecule has 0 bridgehead atoms. The van der Waals surface area contributed by atoms with Gasteiger partial charge in [-0.05, 0) is 54.1 Å². The maximum absolute atomic E-state index is 13.2. The van der Waals surface area contributed by atoms with E-state index in [1.54, 1.807) is 47.6 Å². The van der Waals surface area contributed by atoms with Crippen molar-refractivity contribution < 1.29 is 17.6 Å². The van der Waals surface area contributed by atoms with Crippen molar-refractivity contribution in [2.24, 2.45) is 0 Å². The van der Waals surface area contributed by atoms with Gasteiger partial charge in [-0.2, -0.15) is 0 Å². The Hall–Kier alpha value is -2.82. The van der Waals surface area contributed by atoms with Crippen LogP contribution >= 0.6 is 23.1 Å². The number of pyridine rings is 1. The molecule has 4 rings (SSSR count). The van der Waals surface area contributed by atoms with Gasteiger partial charge in [0.2, 0.25) is 5.91 Å². The topological polar surface area (TPSA) is 80.2 Å². The summed E-state index contributed by atoms with van der Waals surface area (Å²) in [7, 11) is -3.35. The van der Waals surface area contributed by atoms with E-state index < -0.39 is 9.84 Å². The number of halogens is 1. The van der Waals surface area contributed by atoms with Crippen molar-refractivity contribution in [2.45, 2.75) is 16.3 Å². The van der Waals surface area contributed by atoms with Gasteiger partial charge in [-0.15, -0.1) is 11.8 Å². The van der Waals surface area contributed by atoms with Gasteiger partial charge >= 0.3 is 0 Å². The van der Waals surface area contributed by atoms with Crippen molar-refractivity contribution in [3.05, 3.63) is 78.4 Å². The molecule has 0 atom stereocenters. The molecule has 0 saturated heterocycles. The van der Waals surface area contributed by atoms with Gasteiger partial charge in [0.15, 0.2) is 15.0 Å². The summed E-state index contributed by atoms with van der Waals surface area (Å²) >= 11 is 2.56. The summed E-state index contributed by atoms with van der Waals surface area (Å²) in [6, 6.07) is 14.4. The van der Waals surface area contributed by atoms with Crippen molar-refractivity contribution in [1.29, 1.82) is 0 Å². The minimum absolute atomic E-state index is 0.135. The van der Waals surface area contributed by atoms with Gasteiger partial charge in [0.1, 0.15) is 5.82 Å². The van der Waals surface area contributed by atoms with Crippen molar-refractivity contribution in [3.8, 4) is 0 Å². The highest BCUT2D eigenvalue weighted by molar-refractivity contribution is 8.00. The Kier molecular flexibility index (Phi) is 6.54. The minimum atomic E-state index is -3.35. The molecule has 10 heteroatoms. The highest BCUT2D eigenvalue weighted by Crippen LogP contribution is 2.32. The second-order valence-electron chi connectivity index (χ2n) is 6.98. The van der Waals surface area contributed by atoms with Crippen molar-refractivity contribution in [1.82, 2.24) is 9.97 Å². The number of aromatic nitrogens is 2. The van der Waals surface area contributed by atoms with E-state index in [1.807, 2.05) is 6.07 Å². The molecule has 0 fully saturated rings. The SMILES string of the molecule is CS(=O)(=O)c1ccc2nc(N(Cc3cccnc3)C(=O)CSc3ccc(F)cc3)sc2c1. The summed E-state index contributed by atoms with van der Waals surface area (Å²) < 4.78 is 37.6. The molecule has 0 radical (unpaired) electrons. The first kappa shape index (κ1) is 22.4. The number of amides is 1. The van der Waals surface area contributed by atoms with Gasteiger partial charge in [-0.25, -0.2) is 17.8 Å². The van der Waals surface area contributed by atoms with Crippen molar-refractivity contribution >= 4 is 54.2 Å². The number of carbonyl (C=O) groups excluding carboxylic acids is 1. The van der Waals surface area contributed by atoms with Gasteiger partial charge in [0, 0.05) is 23.5 Å². The number of benzene rings is 2. The number of carbonyl (C=O) groups is 1. The predicted molar refractivity (Wildman–Crippen MR) is 125 cm³/mol. The van der Waals surface area contributed by atoms with Gasteiger partial charge < -0.3 is 0 Å². The van der Waals surface area contributed by atoms with Crippen LogP contribution in [0.2, 0.25) is 0 Å². The second kappa shape index (κ2) is 9.35. The molecule has 2 heterocycles. The Bertz CT molecular complexity index is 1360. The third kappa shape index (κ3) is 5.32. The lowest BCUT2D eigenvalue weighted by atomic mass is 10.2. The highest BCUT2D eigenvalue weighted by atomic mass is 32.2. The minimum Gasteiger partial charge on any atom is -0.283 e. The summed E-state index contributed by atoms with van der Waals surface area (Å²) in [4.78, 5) is 24.4. The van der Waals surface area contributed by atoms with Crippen LogP contribution in [-0.4, -0.2) is 36.3 Å². The van der Waals surface area contributed by atoms with Gasteiger partial charge in [-0.1, -0.05) is 17.4 Å². The van der Waals surface area contributed by atoms with E-state index in [0.717, 1.165) is 16.7 Å². The molecule has 1 amide bonds. The zero-order valence-electron chi connectivity index (χ0n) is 16.9. The fourth-order valence-electron chi connectivity index (χ4n) is 2.93. The van der Waals surface area contributed by atoms with Gasteiger partial charge in [0.05, 0.1) is 27.4 Å². The van der Waals surface area contributed by atoms with Gasteiger partial charge in [-0.3, -0.25) is 14.7 Å². The lowest BCUT2D eigenvalue weighted by Gasteiger charge is -2.19. The zero-order chi connectivity index (χ0) is 22.7. The van der Waals surface area contributed by atoms with Crippen LogP contribution in [0.5, 0.6) is 0 Å². The third-order valence-corrected chi connectivity index (χ3v) is 7.70. The van der Waals surface area contributed by atoms with E-state index in [4.69, 9.17) is 0 Å². The largest absolute Gasteiger partial charge is 0.283 e. The molecule has 0 aliphatic carbocycles. The second-order valence-corrected chi connectivity index (χ2v) is 11.1. The summed E-state index contributed by atoms with van der Waals surface area (Å²) in [5.41, 5.74) is 1.45. The first-order chi connectivity index (χ1) is 15.3. The van der Waals surface area contributed by atoms with E-state index in [9.17, 15) is 17.6 Å². The molecule has 0 spiro atoms. The lowest BCUT2D eigenvalue weighted by Crippen LogP contribution is -2.31. The molecule has 0 aliphatic rings. The molecule has 0 unspecified atom stereocenters. The van der Waals surface area contributed by atoms with Crippen LogP contribution in [0.4, 0.5) is 9.52 Å². The quantitative estimate of drug-likeness (QED) is 0.356. The Balaban J connectivity index is 1.64. The van der Waals surface area contributed by atoms with Crippen LogP contribution in [-0.2, 0) is 21.2 Å². The molecule has 164 valence electrons. The molecule has 2 aromatic carbocycles. The Morgan fingerprint density at radius 2 is 1.94 bits per heavy atom. The zero-order valence-corrected chi connectivity index (χ0v) is 19.4. The molecule has 0 saturated carbocycles. The molecule has 6 nitrogen and oxygen atoms in total. The fraction of sp³-hybridized carbons (Fsp3) is 0.136. The number of nitrogens with zero attached hydrogens (tertiary/aromatic N) is 3. The average molecular weight is 488 g/mol. The van der Waals surface area contributed by atoms with E-state index in [0.29, 0.717) is 15.3 Å². The molecular formula is C22H18FN3O3S3. The number of hydrogen-bond acceptors (Lipinski definition) is 7. The van der Waals surface area contributed by atoms with Crippen molar-refractivity contribution in [3.63, 3.8) is 0 Å². The van der Waals surface area contributed by atoms with E-state index in [2.05, 4.69) is 9.97 Å². The molecule has 2 aromatic heterocycles. The Labute approximate surface area is 193 Å². The summed E-state index contributed by atoms with van der Waals surface area (Å²) in [5, 5.41) is 0.471. The Morgan fingerprint density at radius 1 is 1.16 bits per heavy atom. The number of thiazole rings is 1. The molecule has 4 aromatic rings. The van der Waals surface area contributed by atoms with Crippen LogP contribution in [0, 0.1) is 5.82 Å². The summed E-state index contributed by atoms with van der Waals surface area (Å²) in [6.07, 6.45) is 4.49. The average Bonchev–Trinajstić information content (AvgIpc) is 3.20. The third-order valence-electron chi connectivity index (χ3n) is 4.55. The maximum Gasteiger partial charge on any atom is 0.239 e. The van der Waals surface area contributed by atoms with E-state index >= 15 is 0 Å². The van der Waals surface area contributed by atoms with Crippen LogP contribution in [0.25, 0.3) is 10.2 Å². The van der Waals surface area contributed by atoms with Crippen LogP contribution in [0.1, 0.15) is 5.56 Å². The summed E-state index contributed by atoms with van der Waals surface area (Å²) in [5.74, 6) is -0.372. The standard InChI is InChI=1S/C22H18FN3O3S3/c1-32(28,29)18-8-9-19-20(11-18)31-22(25-19)26(13-15-3-2-10-24-12-15)21(27)14-30-17-6-4-16(23)5-7-17/h2-12H,13-14H2,1H3. The first-order valence-corrected chi connectivity index (χ1v) is 13.2. The lowest BCUT2D eigenvalue weighted by molar-refractivity contribution is -0.116. The predicted octanol–water partition coefficient (Wildman–Crippen LogP) is 4.56. The Morgan fingerprint density at radius 3 is 2.62 bits per heavy atom.